The Balaban J connectivity index is 2.20. The highest BCUT2D eigenvalue weighted by molar-refractivity contribution is 5.80. The predicted octanol–water partition coefficient (Wildman–Crippen LogP) is 1.89. The van der Waals surface area contributed by atoms with Crippen molar-refractivity contribution >= 4 is 11.9 Å². The number of benzene rings is 1. The van der Waals surface area contributed by atoms with Crippen LogP contribution in [0.25, 0.3) is 0 Å². The van der Waals surface area contributed by atoms with E-state index in [4.69, 9.17) is 4.74 Å². The number of carbonyl (C=O) groups is 2. The zero-order valence-electron chi connectivity index (χ0n) is 13.5. The van der Waals surface area contributed by atoms with E-state index in [0.717, 1.165) is 12.8 Å². The van der Waals surface area contributed by atoms with Gasteiger partial charge in [0.1, 0.15) is 11.9 Å². The van der Waals surface area contributed by atoms with Gasteiger partial charge in [0.05, 0.1) is 13.0 Å². The molecule has 23 heavy (non-hydrogen) atoms. The van der Waals surface area contributed by atoms with Crippen LogP contribution in [0.15, 0.2) is 24.3 Å². The molecule has 1 saturated heterocycles. The van der Waals surface area contributed by atoms with Crippen LogP contribution in [0, 0.1) is 11.7 Å². The third-order valence-corrected chi connectivity index (χ3v) is 4.15. The molecule has 126 valence electrons. The molecule has 0 unspecified atom stereocenters. The van der Waals surface area contributed by atoms with Crippen LogP contribution in [-0.2, 0) is 14.3 Å². The monoisotopic (exact) mass is 322 g/mol. The number of amides is 1. The summed E-state index contributed by atoms with van der Waals surface area (Å²) in [6.45, 7) is 3.66. The number of carbonyl (C=O) groups excluding carboxylic acids is 2. The predicted molar refractivity (Wildman–Crippen MR) is 84.1 cm³/mol. The second-order valence-corrected chi connectivity index (χ2v) is 5.71. The number of methoxy groups -OCH3 is 1. The van der Waals surface area contributed by atoms with Gasteiger partial charge < -0.3 is 10.1 Å². The van der Waals surface area contributed by atoms with Crippen molar-refractivity contribution in [2.24, 2.45) is 5.92 Å². The van der Waals surface area contributed by atoms with E-state index in [0.29, 0.717) is 25.2 Å². The Bertz CT molecular complexity index is 547. The number of nitrogens with zero attached hydrogens (tertiary/aromatic N) is 1. The molecule has 1 fully saturated rings. The van der Waals surface area contributed by atoms with Crippen molar-refractivity contribution in [1.29, 1.82) is 0 Å². The molecule has 6 heteroatoms. The normalized spacial score (nSPS) is 19.9. The minimum Gasteiger partial charge on any atom is -0.468 e. The Morgan fingerprint density at radius 3 is 2.70 bits per heavy atom. The molecule has 0 spiro atoms. The van der Waals surface area contributed by atoms with E-state index in [1.54, 1.807) is 12.1 Å². The van der Waals surface area contributed by atoms with E-state index in [1.807, 2.05) is 11.8 Å². The van der Waals surface area contributed by atoms with E-state index in [9.17, 15) is 14.0 Å². The van der Waals surface area contributed by atoms with Gasteiger partial charge in [-0.25, -0.2) is 9.18 Å². The topological polar surface area (TPSA) is 58.6 Å². The molecule has 0 saturated carbocycles. The molecule has 1 aliphatic rings. The fourth-order valence-corrected chi connectivity index (χ4v) is 3.03. The first-order valence-electron chi connectivity index (χ1n) is 7.91. The maximum Gasteiger partial charge on any atom is 0.327 e. The van der Waals surface area contributed by atoms with Gasteiger partial charge in [-0.3, -0.25) is 9.69 Å². The molecule has 1 aliphatic heterocycles. The van der Waals surface area contributed by atoms with Crippen molar-refractivity contribution in [3.63, 3.8) is 0 Å². The average Bonchev–Trinajstić information content (AvgIpc) is 2.57. The van der Waals surface area contributed by atoms with Crippen LogP contribution < -0.4 is 5.32 Å². The van der Waals surface area contributed by atoms with Crippen LogP contribution in [-0.4, -0.2) is 43.5 Å². The molecule has 1 aromatic carbocycles. The highest BCUT2D eigenvalue weighted by Gasteiger charge is 2.34. The molecule has 0 bridgehead atoms. The van der Waals surface area contributed by atoms with Crippen molar-refractivity contribution in [3.8, 4) is 0 Å². The quantitative estimate of drug-likeness (QED) is 0.841. The first-order chi connectivity index (χ1) is 11.1. The molecule has 1 aromatic rings. The lowest BCUT2D eigenvalue weighted by molar-refractivity contribution is -0.149. The van der Waals surface area contributed by atoms with Gasteiger partial charge in [0.2, 0.25) is 5.91 Å². The maximum atomic E-state index is 13.1. The van der Waals surface area contributed by atoms with Gasteiger partial charge in [0.25, 0.3) is 0 Å². The van der Waals surface area contributed by atoms with Crippen molar-refractivity contribution in [1.82, 2.24) is 10.2 Å². The van der Waals surface area contributed by atoms with E-state index in [2.05, 4.69) is 5.32 Å². The van der Waals surface area contributed by atoms with Crippen LogP contribution in [0.4, 0.5) is 4.39 Å². The molecule has 1 amide bonds. The van der Waals surface area contributed by atoms with Crippen molar-refractivity contribution in [3.05, 3.63) is 35.6 Å². The van der Waals surface area contributed by atoms with Gasteiger partial charge in [-0.2, -0.15) is 0 Å². The van der Waals surface area contributed by atoms with E-state index >= 15 is 0 Å². The Labute approximate surface area is 135 Å². The summed E-state index contributed by atoms with van der Waals surface area (Å²) < 4.78 is 18.1. The molecule has 1 heterocycles. The number of halogens is 1. The van der Waals surface area contributed by atoms with Crippen molar-refractivity contribution < 1.29 is 18.7 Å². The van der Waals surface area contributed by atoms with E-state index in [1.165, 1.54) is 19.2 Å². The molecular weight excluding hydrogens is 299 g/mol. The SMILES string of the molecule is CCNC(=O)[C@@H]1CCCN([C@H](C(=O)OC)c2ccc(F)cc2)C1. The summed E-state index contributed by atoms with van der Waals surface area (Å²) in [5.41, 5.74) is 0.676. The minimum atomic E-state index is -0.613. The molecular formula is C17H23FN2O3. The number of ether oxygens (including phenoxy) is 1. The Morgan fingerprint density at radius 2 is 2.09 bits per heavy atom. The molecule has 2 atom stereocenters. The lowest BCUT2D eigenvalue weighted by Crippen LogP contribution is -2.46. The third-order valence-electron chi connectivity index (χ3n) is 4.15. The van der Waals surface area contributed by atoms with Gasteiger partial charge in [-0.05, 0) is 44.0 Å². The number of nitrogens with one attached hydrogen (secondary N) is 1. The second kappa shape index (κ2) is 8.06. The Kier molecular flexibility index (Phi) is 6.10. The molecule has 1 N–H and O–H groups in total. The summed E-state index contributed by atoms with van der Waals surface area (Å²) in [7, 11) is 1.34. The van der Waals surface area contributed by atoms with Gasteiger partial charge >= 0.3 is 5.97 Å². The van der Waals surface area contributed by atoms with Crippen LogP contribution in [0.1, 0.15) is 31.4 Å². The molecule has 0 aliphatic carbocycles. The van der Waals surface area contributed by atoms with Crippen LogP contribution in [0.3, 0.4) is 0 Å². The number of esters is 1. The van der Waals surface area contributed by atoms with Gasteiger partial charge in [0, 0.05) is 13.1 Å². The first-order valence-corrected chi connectivity index (χ1v) is 7.91. The molecule has 0 aromatic heterocycles. The third kappa shape index (κ3) is 4.28. The largest absolute Gasteiger partial charge is 0.468 e. The fourth-order valence-electron chi connectivity index (χ4n) is 3.03. The number of likely N-dealkylation sites (tertiary alicyclic amines) is 1. The highest BCUT2D eigenvalue weighted by atomic mass is 19.1. The highest BCUT2D eigenvalue weighted by Crippen LogP contribution is 2.28. The van der Waals surface area contributed by atoms with Crippen LogP contribution >= 0.6 is 0 Å². The summed E-state index contributed by atoms with van der Waals surface area (Å²) in [5, 5.41) is 2.83. The fraction of sp³-hybridized carbons (Fsp3) is 0.529. The first kappa shape index (κ1) is 17.4. The van der Waals surface area contributed by atoms with E-state index < -0.39 is 12.0 Å². The van der Waals surface area contributed by atoms with Crippen molar-refractivity contribution in [2.75, 3.05) is 26.7 Å². The zero-order valence-corrected chi connectivity index (χ0v) is 13.5. The summed E-state index contributed by atoms with van der Waals surface area (Å²) in [4.78, 5) is 26.3. The standard InChI is InChI=1S/C17H23FN2O3/c1-3-19-16(21)13-5-4-10-20(11-13)15(17(22)23-2)12-6-8-14(18)9-7-12/h6-9,13,15H,3-5,10-11H2,1-2H3,(H,19,21)/t13-,15+/m1/s1. The number of rotatable bonds is 5. The number of piperidine rings is 1. The zero-order chi connectivity index (χ0) is 16.8. The van der Waals surface area contributed by atoms with Crippen LogP contribution in [0.2, 0.25) is 0 Å². The van der Waals surface area contributed by atoms with Gasteiger partial charge in [-0.1, -0.05) is 12.1 Å². The van der Waals surface area contributed by atoms with Gasteiger partial charge in [0.15, 0.2) is 0 Å². The summed E-state index contributed by atoms with van der Waals surface area (Å²) in [5.74, 6) is -0.874. The summed E-state index contributed by atoms with van der Waals surface area (Å²) in [6, 6.07) is 5.23. The average molecular weight is 322 g/mol. The molecule has 5 nitrogen and oxygen atoms in total. The second-order valence-electron chi connectivity index (χ2n) is 5.71. The summed E-state index contributed by atoms with van der Waals surface area (Å²) >= 11 is 0. The minimum absolute atomic E-state index is 0.0138. The van der Waals surface area contributed by atoms with E-state index in [-0.39, 0.29) is 17.6 Å². The van der Waals surface area contributed by atoms with Gasteiger partial charge in [-0.15, -0.1) is 0 Å². The number of hydrogen-bond acceptors (Lipinski definition) is 4. The molecule has 2 rings (SSSR count). The Morgan fingerprint density at radius 1 is 1.39 bits per heavy atom. The lowest BCUT2D eigenvalue weighted by atomic mass is 9.94. The van der Waals surface area contributed by atoms with Crippen molar-refractivity contribution in [2.45, 2.75) is 25.8 Å². The maximum absolute atomic E-state index is 13.1. The Hall–Kier alpha value is -1.95. The van der Waals surface area contributed by atoms with Crippen LogP contribution in [0.5, 0.6) is 0 Å². The molecule has 0 radical (unpaired) electrons. The number of hydrogen-bond donors (Lipinski definition) is 1. The lowest BCUT2D eigenvalue weighted by Gasteiger charge is -2.36. The smallest absolute Gasteiger partial charge is 0.327 e. The summed E-state index contributed by atoms with van der Waals surface area (Å²) in [6.07, 6.45) is 1.64.